The lowest BCUT2D eigenvalue weighted by Gasteiger charge is -2.32. The van der Waals surface area contributed by atoms with Crippen LogP contribution in [0.4, 0.5) is 10.1 Å². The van der Waals surface area contributed by atoms with Crippen molar-refractivity contribution >= 4 is 50.7 Å². The quantitative estimate of drug-likeness (QED) is 0.388. The molecule has 4 rings (SSSR count). The number of fused-ring (bicyclic) bond motifs is 1. The highest BCUT2D eigenvalue weighted by Gasteiger charge is 2.33. The largest absolute Gasteiger partial charge is 0.486 e. The van der Waals surface area contributed by atoms with Gasteiger partial charge in [0.05, 0.1) is 20.6 Å². The lowest BCUT2D eigenvalue weighted by Crippen LogP contribution is -2.50. The van der Waals surface area contributed by atoms with Crippen molar-refractivity contribution in [3.05, 3.63) is 82.1 Å². The number of carbonyl (C=O) groups excluding carboxylic acids is 2. The van der Waals surface area contributed by atoms with Gasteiger partial charge in [0.2, 0.25) is 11.8 Å². The number of anilines is 1. The molecule has 1 N–H and O–H groups in total. The van der Waals surface area contributed by atoms with E-state index in [9.17, 15) is 22.4 Å². The van der Waals surface area contributed by atoms with Crippen LogP contribution in [0, 0.1) is 5.82 Å². The number of amides is 2. The van der Waals surface area contributed by atoms with Gasteiger partial charge in [-0.1, -0.05) is 29.3 Å². The Morgan fingerprint density at radius 2 is 1.65 bits per heavy atom. The number of rotatable bonds is 9. The summed E-state index contributed by atoms with van der Waals surface area (Å²) in [6.07, 6.45) is 0. The van der Waals surface area contributed by atoms with E-state index in [1.807, 2.05) is 0 Å². The maximum atomic E-state index is 13.9. The van der Waals surface area contributed by atoms with E-state index in [-0.39, 0.29) is 34.5 Å². The summed E-state index contributed by atoms with van der Waals surface area (Å²) in [6, 6.07) is 12.6. The molecule has 40 heavy (non-hydrogen) atoms. The summed E-state index contributed by atoms with van der Waals surface area (Å²) in [6.45, 7) is 1.34. The molecule has 0 saturated heterocycles. The molecule has 1 aliphatic heterocycles. The number of hydrogen-bond donors (Lipinski definition) is 1. The van der Waals surface area contributed by atoms with Crippen molar-refractivity contribution in [1.29, 1.82) is 0 Å². The minimum absolute atomic E-state index is 0.0479. The van der Waals surface area contributed by atoms with Gasteiger partial charge in [-0.2, -0.15) is 0 Å². The van der Waals surface area contributed by atoms with Crippen molar-refractivity contribution in [3.8, 4) is 11.5 Å². The molecule has 3 aromatic carbocycles. The summed E-state index contributed by atoms with van der Waals surface area (Å²) in [5.74, 6) is -1.10. The lowest BCUT2D eigenvalue weighted by molar-refractivity contribution is -0.139. The average molecular weight is 610 g/mol. The zero-order valence-electron chi connectivity index (χ0n) is 21.6. The van der Waals surface area contributed by atoms with Crippen molar-refractivity contribution in [2.45, 2.75) is 24.4 Å². The Morgan fingerprint density at radius 3 is 2.30 bits per heavy atom. The van der Waals surface area contributed by atoms with Crippen LogP contribution in [0.3, 0.4) is 0 Å². The molecular weight excluding hydrogens is 584 g/mol. The van der Waals surface area contributed by atoms with Gasteiger partial charge in [-0.3, -0.25) is 13.9 Å². The molecule has 13 heteroatoms. The third-order valence-electron chi connectivity index (χ3n) is 6.25. The van der Waals surface area contributed by atoms with Gasteiger partial charge in [0, 0.05) is 19.7 Å². The topological polar surface area (TPSA) is 105 Å². The molecule has 0 aliphatic carbocycles. The molecular formula is C27H26Cl2FN3O6S. The number of likely N-dealkylation sites (N-methyl/N-ethyl adjacent to an activating group) is 1. The SMILES string of the molecule is CNC(=O)[C@H](C)N(Cc1ccc(Cl)c(Cl)c1)C(=O)CN(c1ccc(F)cc1)S(=O)(=O)c1ccc2c(c1)OCCO2. The number of benzene rings is 3. The van der Waals surface area contributed by atoms with Crippen LogP contribution < -0.4 is 19.1 Å². The maximum absolute atomic E-state index is 13.9. The van der Waals surface area contributed by atoms with Crippen LogP contribution in [0.2, 0.25) is 10.0 Å². The molecule has 0 aromatic heterocycles. The number of hydrogen-bond acceptors (Lipinski definition) is 6. The Labute approximate surface area is 241 Å². The summed E-state index contributed by atoms with van der Waals surface area (Å²) in [5, 5.41) is 3.08. The zero-order valence-corrected chi connectivity index (χ0v) is 23.9. The molecule has 1 heterocycles. The Bertz CT molecular complexity index is 1520. The Balaban J connectivity index is 1.73. The second-order valence-corrected chi connectivity index (χ2v) is 11.5. The van der Waals surface area contributed by atoms with Crippen LogP contribution >= 0.6 is 23.2 Å². The number of sulfonamides is 1. The third-order valence-corrected chi connectivity index (χ3v) is 8.75. The first-order chi connectivity index (χ1) is 19.0. The van der Waals surface area contributed by atoms with Gasteiger partial charge in [0.15, 0.2) is 11.5 Å². The fourth-order valence-corrected chi connectivity index (χ4v) is 5.82. The maximum Gasteiger partial charge on any atom is 0.264 e. The molecule has 3 aromatic rings. The van der Waals surface area contributed by atoms with E-state index in [4.69, 9.17) is 32.7 Å². The Morgan fingerprint density at radius 1 is 0.975 bits per heavy atom. The van der Waals surface area contributed by atoms with Gasteiger partial charge < -0.3 is 19.7 Å². The van der Waals surface area contributed by atoms with Gasteiger partial charge in [0.25, 0.3) is 10.0 Å². The highest BCUT2D eigenvalue weighted by molar-refractivity contribution is 7.92. The summed E-state index contributed by atoms with van der Waals surface area (Å²) in [5.41, 5.74) is 0.619. The summed E-state index contributed by atoms with van der Waals surface area (Å²) >= 11 is 12.2. The normalized spacial score (nSPS) is 13.3. The average Bonchev–Trinajstić information content (AvgIpc) is 2.95. The van der Waals surface area contributed by atoms with Crippen LogP contribution in [0.1, 0.15) is 12.5 Å². The molecule has 0 radical (unpaired) electrons. The number of carbonyl (C=O) groups is 2. The standard InChI is InChI=1S/C27H26Cl2FN3O6S/c1-17(27(35)31-2)32(15-18-3-9-22(28)23(29)13-18)26(34)16-33(20-6-4-19(30)5-7-20)40(36,37)21-8-10-24-25(14-21)39-12-11-38-24/h3-10,13-14,17H,11-12,15-16H2,1-2H3,(H,31,35)/t17-/m0/s1. The summed E-state index contributed by atoms with van der Waals surface area (Å²) in [7, 11) is -2.95. The zero-order chi connectivity index (χ0) is 29.0. The van der Waals surface area contributed by atoms with Gasteiger partial charge in [0.1, 0.15) is 31.6 Å². The molecule has 1 atom stereocenters. The molecule has 0 spiro atoms. The van der Waals surface area contributed by atoms with E-state index in [1.54, 1.807) is 18.2 Å². The number of halogens is 3. The Hall–Kier alpha value is -3.54. The predicted molar refractivity (Wildman–Crippen MR) is 149 cm³/mol. The van der Waals surface area contributed by atoms with Crippen molar-refractivity contribution in [1.82, 2.24) is 10.2 Å². The first kappa shape index (κ1) is 29.4. The van der Waals surface area contributed by atoms with E-state index in [2.05, 4.69) is 5.32 Å². The van der Waals surface area contributed by atoms with Gasteiger partial charge in [-0.05, 0) is 61.0 Å². The molecule has 0 unspecified atom stereocenters. The minimum Gasteiger partial charge on any atom is -0.486 e. The van der Waals surface area contributed by atoms with Crippen LogP contribution in [-0.4, -0.2) is 58.0 Å². The van der Waals surface area contributed by atoms with E-state index < -0.39 is 40.2 Å². The van der Waals surface area contributed by atoms with Crippen LogP contribution in [0.15, 0.2) is 65.6 Å². The van der Waals surface area contributed by atoms with Crippen molar-refractivity contribution in [3.63, 3.8) is 0 Å². The lowest BCUT2D eigenvalue weighted by atomic mass is 10.1. The van der Waals surface area contributed by atoms with Crippen molar-refractivity contribution in [2.24, 2.45) is 0 Å². The van der Waals surface area contributed by atoms with Crippen LogP contribution in [0.25, 0.3) is 0 Å². The smallest absolute Gasteiger partial charge is 0.264 e. The summed E-state index contributed by atoms with van der Waals surface area (Å²) < 4.78 is 53.5. The molecule has 0 bridgehead atoms. The Kier molecular flexibility index (Phi) is 9.07. The number of nitrogens with one attached hydrogen (secondary N) is 1. The van der Waals surface area contributed by atoms with Crippen molar-refractivity contribution in [2.75, 3.05) is 31.1 Å². The third kappa shape index (κ3) is 6.43. The first-order valence-corrected chi connectivity index (χ1v) is 14.3. The van der Waals surface area contributed by atoms with Crippen LogP contribution in [0.5, 0.6) is 11.5 Å². The fourth-order valence-electron chi connectivity index (χ4n) is 4.07. The second-order valence-electron chi connectivity index (χ2n) is 8.85. The van der Waals surface area contributed by atoms with E-state index in [0.717, 1.165) is 16.4 Å². The molecule has 0 saturated carbocycles. The highest BCUT2D eigenvalue weighted by Crippen LogP contribution is 2.34. The van der Waals surface area contributed by atoms with E-state index in [0.29, 0.717) is 22.9 Å². The molecule has 2 amide bonds. The van der Waals surface area contributed by atoms with E-state index >= 15 is 0 Å². The molecule has 9 nitrogen and oxygen atoms in total. The molecule has 1 aliphatic rings. The second kappa shape index (κ2) is 12.3. The molecule has 0 fully saturated rings. The number of ether oxygens (including phenoxy) is 2. The van der Waals surface area contributed by atoms with E-state index in [1.165, 1.54) is 49.2 Å². The van der Waals surface area contributed by atoms with Gasteiger partial charge >= 0.3 is 0 Å². The molecule has 212 valence electrons. The summed E-state index contributed by atoms with van der Waals surface area (Å²) in [4.78, 5) is 27.4. The first-order valence-electron chi connectivity index (χ1n) is 12.1. The van der Waals surface area contributed by atoms with Crippen LogP contribution in [-0.2, 0) is 26.2 Å². The number of nitrogens with zero attached hydrogens (tertiary/aromatic N) is 2. The predicted octanol–water partition coefficient (Wildman–Crippen LogP) is 4.26. The van der Waals surface area contributed by atoms with Gasteiger partial charge in [-0.25, -0.2) is 12.8 Å². The minimum atomic E-state index is -4.38. The van der Waals surface area contributed by atoms with Crippen molar-refractivity contribution < 1.29 is 31.9 Å². The fraction of sp³-hybridized carbons (Fsp3) is 0.259. The highest BCUT2D eigenvalue weighted by atomic mass is 35.5. The monoisotopic (exact) mass is 609 g/mol. The van der Waals surface area contributed by atoms with Gasteiger partial charge in [-0.15, -0.1) is 0 Å².